The minimum Gasteiger partial charge on any atom is -0.497 e. The smallest absolute Gasteiger partial charge is 0.121 e. The van der Waals surface area contributed by atoms with Crippen molar-refractivity contribution in [1.29, 1.82) is 0 Å². The summed E-state index contributed by atoms with van der Waals surface area (Å²) in [7, 11) is 1.70. The maximum Gasteiger partial charge on any atom is 0.121 e. The molecule has 0 atom stereocenters. The van der Waals surface area contributed by atoms with Crippen LogP contribution in [0.4, 0.5) is 5.69 Å². The highest BCUT2D eigenvalue weighted by Gasteiger charge is 2.15. The van der Waals surface area contributed by atoms with Crippen LogP contribution in [0, 0.1) is 0 Å². The number of anilines is 1. The Morgan fingerprint density at radius 2 is 2.17 bits per heavy atom. The van der Waals surface area contributed by atoms with Gasteiger partial charge in [-0.25, -0.2) is 0 Å². The van der Waals surface area contributed by atoms with E-state index in [1.54, 1.807) is 7.11 Å². The van der Waals surface area contributed by atoms with Crippen LogP contribution in [0.15, 0.2) is 24.4 Å². The Kier molecular flexibility index (Phi) is 3.11. The number of aromatic amines is 1. The van der Waals surface area contributed by atoms with Crippen LogP contribution in [0.3, 0.4) is 0 Å². The highest BCUT2D eigenvalue weighted by atomic mass is 16.5. The number of H-pyrrole nitrogens is 1. The SMILES string of the molecule is COc1cc(NC2CCOCC2)c2[nH]ccc2c1. The van der Waals surface area contributed by atoms with E-state index in [4.69, 9.17) is 9.47 Å². The molecule has 4 heteroatoms. The van der Waals surface area contributed by atoms with E-state index in [-0.39, 0.29) is 0 Å². The molecule has 1 saturated heterocycles. The van der Waals surface area contributed by atoms with Crippen molar-refractivity contribution in [2.45, 2.75) is 18.9 Å². The van der Waals surface area contributed by atoms with Gasteiger partial charge in [-0.1, -0.05) is 0 Å². The highest BCUT2D eigenvalue weighted by molar-refractivity contribution is 5.92. The molecule has 0 amide bonds. The van der Waals surface area contributed by atoms with Gasteiger partial charge in [0.1, 0.15) is 5.75 Å². The quantitative estimate of drug-likeness (QED) is 0.875. The second-order valence-corrected chi connectivity index (χ2v) is 4.65. The van der Waals surface area contributed by atoms with Gasteiger partial charge in [-0.2, -0.15) is 0 Å². The number of aromatic nitrogens is 1. The molecule has 2 N–H and O–H groups in total. The second kappa shape index (κ2) is 4.90. The van der Waals surface area contributed by atoms with Crippen LogP contribution in [-0.2, 0) is 4.74 Å². The number of rotatable bonds is 3. The van der Waals surface area contributed by atoms with Crippen molar-refractivity contribution in [2.24, 2.45) is 0 Å². The minimum absolute atomic E-state index is 0.484. The first kappa shape index (κ1) is 11.4. The predicted octanol–water partition coefficient (Wildman–Crippen LogP) is 2.77. The van der Waals surface area contributed by atoms with E-state index in [9.17, 15) is 0 Å². The standard InChI is InChI=1S/C14H18N2O2/c1-17-12-8-10-2-5-15-14(10)13(9-12)16-11-3-6-18-7-4-11/h2,5,8-9,11,15-16H,3-4,6-7H2,1H3. The molecular weight excluding hydrogens is 228 g/mol. The fraction of sp³-hybridized carbons (Fsp3) is 0.429. The number of hydrogen-bond donors (Lipinski definition) is 2. The molecule has 1 aliphatic heterocycles. The Morgan fingerprint density at radius 3 is 2.94 bits per heavy atom. The number of ether oxygens (including phenoxy) is 2. The van der Waals surface area contributed by atoms with Gasteiger partial charge in [-0.3, -0.25) is 0 Å². The molecule has 3 rings (SSSR count). The molecule has 1 aliphatic rings. The summed E-state index contributed by atoms with van der Waals surface area (Å²) >= 11 is 0. The molecule has 0 saturated carbocycles. The number of nitrogens with one attached hydrogen (secondary N) is 2. The fourth-order valence-electron chi connectivity index (χ4n) is 2.44. The summed E-state index contributed by atoms with van der Waals surface area (Å²) in [5.41, 5.74) is 2.25. The van der Waals surface area contributed by atoms with Gasteiger partial charge in [0.15, 0.2) is 0 Å². The first-order valence-corrected chi connectivity index (χ1v) is 6.36. The largest absolute Gasteiger partial charge is 0.497 e. The Bertz CT molecular complexity index is 530. The van der Waals surface area contributed by atoms with E-state index in [1.165, 1.54) is 5.39 Å². The zero-order valence-corrected chi connectivity index (χ0v) is 10.5. The van der Waals surface area contributed by atoms with Crippen LogP contribution in [-0.4, -0.2) is 31.3 Å². The third-order valence-corrected chi connectivity index (χ3v) is 3.45. The normalized spacial score (nSPS) is 16.9. The highest BCUT2D eigenvalue weighted by Crippen LogP contribution is 2.29. The third kappa shape index (κ3) is 2.16. The molecule has 0 aliphatic carbocycles. The number of benzene rings is 1. The van der Waals surface area contributed by atoms with Crippen LogP contribution in [0.2, 0.25) is 0 Å². The van der Waals surface area contributed by atoms with Gasteiger partial charge in [0.25, 0.3) is 0 Å². The Hall–Kier alpha value is -1.68. The summed E-state index contributed by atoms with van der Waals surface area (Å²) < 4.78 is 10.7. The first-order valence-electron chi connectivity index (χ1n) is 6.36. The zero-order chi connectivity index (χ0) is 12.4. The van der Waals surface area contributed by atoms with Gasteiger partial charge in [0.05, 0.1) is 18.3 Å². The number of fused-ring (bicyclic) bond motifs is 1. The van der Waals surface area contributed by atoms with Gasteiger partial charge in [-0.15, -0.1) is 0 Å². The molecule has 0 radical (unpaired) electrons. The molecule has 18 heavy (non-hydrogen) atoms. The van der Waals surface area contributed by atoms with E-state index >= 15 is 0 Å². The van der Waals surface area contributed by atoms with Crippen LogP contribution < -0.4 is 10.1 Å². The monoisotopic (exact) mass is 246 g/mol. The lowest BCUT2D eigenvalue weighted by atomic mass is 10.1. The Morgan fingerprint density at radius 1 is 1.33 bits per heavy atom. The van der Waals surface area contributed by atoms with Gasteiger partial charge >= 0.3 is 0 Å². The molecule has 2 aromatic rings. The zero-order valence-electron chi connectivity index (χ0n) is 10.5. The van der Waals surface area contributed by atoms with E-state index in [2.05, 4.69) is 16.4 Å². The molecular formula is C14H18N2O2. The minimum atomic E-state index is 0.484. The average molecular weight is 246 g/mol. The lowest BCUT2D eigenvalue weighted by Gasteiger charge is -2.24. The summed E-state index contributed by atoms with van der Waals surface area (Å²) in [6.45, 7) is 1.69. The Balaban J connectivity index is 1.91. The predicted molar refractivity (Wildman–Crippen MR) is 72.3 cm³/mol. The molecule has 1 fully saturated rings. The summed E-state index contributed by atoms with van der Waals surface area (Å²) in [5.74, 6) is 0.886. The maximum absolute atomic E-state index is 5.38. The number of methoxy groups -OCH3 is 1. The van der Waals surface area contributed by atoms with Crippen LogP contribution in [0.1, 0.15) is 12.8 Å². The molecule has 0 unspecified atom stereocenters. The molecule has 2 heterocycles. The van der Waals surface area contributed by atoms with Crippen LogP contribution >= 0.6 is 0 Å². The molecule has 96 valence electrons. The van der Waals surface area contributed by atoms with Crippen molar-refractivity contribution < 1.29 is 9.47 Å². The van der Waals surface area contributed by atoms with Gasteiger partial charge in [0, 0.05) is 36.9 Å². The summed E-state index contributed by atoms with van der Waals surface area (Å²) in [6, 6.07) is 6.64. The topological polar surface area (TPSA) is 46.3 Å². The van der Waals surface area contributed by atoms with Crippen LogP contribution in [0.25, 0.3) is 10.9 Å². The maximum atomic E-state index is 5.38. The number of hydrogen-bond acceptors (Lipinski definition) is 3. The van der Waals surface area contributed by atoms with Crippen molar-refractivity contribution in [3.05, 3.63) is 24.4 Å². The summed E-state index contributed by atoms with van der Waals surface area (Å²) in [6.07, 6.45) is 4.07. The van der Waals surface area contributed by atoms with Crippen molar-refractivity contribution in [1.82, 2.24) is 4.98 Å². The van der Waals surface area contributed by atoms with Crippen molar-refractivity contribution in [3.63, 3.8) is 0 Å². The first-order chi connectivity index (χ1) is 8.86. The van der Waals surface area contributed by atoms with Gasteiger partial charge in [-0.05, 0) is 25.0 Å². The van der Waals surface area contributed by atoms with Crippen molar-refractivity contribution in [2.75, 3.05) is 25.6 Å². The lowest BCUT2D eigenvalue weighted by Crippen LogP contribution is -2.27. The van der Waals surface area contributed by atoms with E-state index in [0.717, 1.165) is 43.0 Å². The average Bonchev–Trinajstić information content (AvgIpc) is 2.88. The molecule has 0 bridgehead atoms. The van der Waals surface area contributed by atoms with Gasteiger partial charge < -0.3 is 19.8 Å². The Labute approximate surface area is 106 Å². The fourth-order valence-corrected chi connectivity index (χ4v) is 2.44. The van der Waals surface area contributed by atoms with E-state index in [0.29, 0.717) is 6.04 Å². The van der Waals surface area contributed by atoms with E-state index in [1.807, 2.05) is 18.3 Å². The van der Waals surface area contributed by atoms with Crippen LogP contribution in [0.5, 0.6) is 5.75 Å². The molecule has 1 aromatic heterocycles. The third-order valence-electron chi connectivity index (χ3n) is 3.45. The lowest BCUT2D eigenvalue weighted by molar-refractivity contribution is 0.0905. The summed E-state index contributed by atoms with van der Waals surface area (Å²) in [4.78, 5) is 3.28. The molecule has 4 nitrogen and oxygen atoms in total. The van der Waals surface area contributed by atoms with Gasteiger partial charge in [0.2, 0.25) is 0 Å². The van der Waals surface area contributed by atoms with E-state index < -0.39 is 0 Å². The molecule has 1 aromatic carbocycles. The molecule has 0 spiro atoms. The van der Waals surface area contributed by atoms with Crippen molar-refractivity contribution >= 4 is 16.6 Å². The summed E-state index contributed by atoms with van der Waals surface area (Å²) in [5, 5.41) is 4.76. The second-order valence-electron chi connectivity index (χ2n) is 4.65. The van der Waals surface area contributed by atoms with Crippen molar-refractivity contribution in [3.8, 4) is 5.75 Å².